The van der Waals surface area contributed by atoms with Crippen LogP contribution < -0.4 is 0 Å². The predicted octanol–water partition coefficient (Wildman–Crippen LogP) is 10.1. The number of benzene rings is 6. The first-order chi connectivity index (χ1) is 25.9. The number of nitrogens with zero attached hydrogens (tertiary/aromatic N) is 3. The lowest BCUT2D eigenvalue weighted by Crippen LogP contribution is -2.00. The Morgan fingerprint density at radius 1 is 0.442 bits per heavy atom. The van der Waals surface area contributed by atoms with Gasteiger partial charge in [0, 0.05) is 27.5 Å². The van der Waals surface area contributed by atoms with Crippen molar-refractivity contribution in [3.63, 3.8) is 0 Å². The van der Waals surface area contributed by atoms with Crippen molar-refractivity contribution in [3.8, 4) is 56.4 Å². The fraction of sp³-hybridized carbons (Fsp3) is 0. The highest BCUT2D eigenvalue weighted by Crippen LogP contribution is 2.38. The molecular weight excluding hydrogens is 526 g/mol. The third kappa shape index (κ3) is 4.65. The molecule has 0 aliphatic carbocycles. The van der Waals surface area contributed by atoms with E-state index < -0.39 is 72.0 Å². The molecule has 0 amide bonds. The van der Waals surface area contributed by atoms with Crippen molar-refractivity contribution in [2.24, 2.45) is 0 Å². The van der Waals surface area contributed by atoms with Crippen molar-refractivity contribution in [1.82, 2.24) is 15.0 Å². The van der Waals surface area contributed by atoms with Gasteiger partial charge in [0.05, 0.1) is 15.1 Å². The van der Waals surface area contributed by atoms with Gasteiger partial charge in [-0.2, -0.15) is 0 Å². The van der Waals surface area contributed by atoms with Crippen LogP contribution in [0.25, 0.3) is 78.4 Å². The van der Waals surface area contributed by atoms with Crippen molar-refractivity contribution in [2.45, 2.75) is 0 Å². The van der Waals surface area contributed by atoms with E-state index >= 15 is 0 Å². The van der Waals surface area contributed by atoms with Gasteiger partial charge in [0.2, 0.25) is 0 Å². The standard InChI is InChI=1S/C39H25N3O/c1-4-11-26(12-5-1)27-19-21-30(22-20-27)38-40-37(29-15-8-3-9-16-29)41-39(42-38)31-23-24-33-35(25-31)43-34-18-10-17-32(36(33)34)28-13-6-2-7-14-28/h1-25H/i2D,6D,7D,10D,13D,14D,17D,18D,23D,24D,25D. The van der Waals surface area contributed by atoms with Gasteiger partial charge in [0.1, 0.15) is 11.2 Å². The van der Waals surface area contributed by atoms with Crippen LogP contribution in [0.5, 0.6) is 0 Å². The molecule has 2 heterocycles. The molecule has 0 saturated carbocycles. The summed E-state index contributed by atoms with van der Waals surface area (Å²) in [4.78, 5) is 14.1. The highest BCUT2D eigenvalue weighted by Gasteiger charge is 2.16. The Kier molecular flexibility index (Phi) is 3.90. The normalized spacial score (nSPS) is 14.8. The van der Waals surface area contributed by atoms with E-state index in [1.807, 2.05) is 72.8 Å². The summed E-state index contributed by atoms with van der Waals surface area (Å²) in [6.07, 6.45) is 0. The number of furan rings is 1. The molecule has 0 aliphatic rings. The minimum Gasteiger partial charge on any atom is -0.456 e. The maximum atomic E-state index is 9.34. The summed E-state index contributed by atoms with van der Waals surface area (Å²) in [6.45, 7) is 0. The summed E-state index contributed by atoms with van der Waals surface area (Å²) < 4.78 is 102. The smallest absolute Gasteiger partial charge is 0.164 e. The zero-order valence-corrected chi connectivity index (χ0v) is 22.3. The molecule has 4 heteroatoms. The molecule has 202 valence electrons. The molecule has 0 bridgehead atoms. The van der Waals surface area contributed by atoms with Gasteiger partial charge in [-0.15, -0.1) is 0 Å². The highest BCUT2D eigenvalue weighted by atomic mass is 16.3. The molecule has 0 atom stereocenters. The topological polar surface area (TPSA) is 51.8 Å². The lowest BCUT2D eigenvalue weighted by molar-refractivity contribution is 0.669. The van der Waals surface area contributed by atoms with E-state index in [4.69, 9.17) is 25.4 Å². The maximum absolute atomic E-state index is 9.34. The second-order valence-corrected chi connectivity index (χ2v) is 9.63. The van der Waals surface area contributed by atoms with Crippen LogP contribution in [0.3, 0.4) is 0 Å². The molecule has 0 spiro atoms. The molecule has 0 fully saturated rings. The van der Waals surface area contributed by atoms with E-state index in [1.165, 1.54) is 0 Å². The van der Waals surface area contributed by atoms with E-state index in [-0.39, 0.29) is 50.5 Å². The first-order valence-corrected chi connectivity index (χ1v) is 13.4. The number of rotatable bonds is 5. The fourth-order valence-electron chi connectivity index (χ4n) is 4.90. The summed E-state index contributed by atoms with van der Waals surface area (Å²) in [5.41, 5.74) is 1.66. The maximum Gasteiger partial charge on any atom is 0.164 e. The number of hydrogen-bond donors (Lipinski definition) is 0. The molecule has 0 saturated heterocycles. The first-order valence-electron chi connectivity index (χ1n) is 18.9. The predicted molar refractivity (Wildman–Crippen MR) is 174 cm³/mol. The second kappa shape index (κ2) is 10.5. The molecule has 0 radical (unpaired) electrons. The zero-order valence-electron chi connectivity index (χ0n) is 33.3. The van der Waals surface area contributed by atoms with Gasteiger partial charge in [-0.25, -0.2) is 15.0 Å². The molecule has 0 N–H and O–H groups in total. The number of aromatic nitrogens is 3. The second-order valence-electron chi connectivity index (χ2n) is 9.63. The highest BCUT2D eigenvalue weighted by molar-refractivity contribution is 6.12. The number of fused-ring (bicyclic) bond motifs is 3. The summed E-state index contributed by atoms with van der Waals surface area (Å²) >= 11 is 0. The van der Waals surface area contributed by atoms with Crippen LogP contribution in [0.2, 0.25) is 0 Å². The quantitative estimate of drug-likeness (QED) is 0.209. The summed E-state index contributed by atoms with van der Waals surface area (Å²) in [6, 6.07) is 19.8. The molecule has 2 aromatic heterocycles. The average Bonchev–Trinajstić information content (AvgIpc) is 3.60. The van der Waals surface area contributed by atoms with Crippen molar-refractivity contribution in [3.05, 3.63) is 151 Å². The Morgan fingerprint density at radius 2 is 1.02 bits per heavy atom. The van der Waals surface area contributed by atoms with Gasteiger partial charge in [0.25, 0.3) is 0 Å². The molecule has 43 heavy (non-hydrogen) atoms. The van der Waals surface area contributed by atoms with Crippen LogP contribution in [0.4, 0.5) is 0 Å². The van der Waals surface area contributed by atoms with Gasteiger partial charge in [-0.1, -0.05) is 133 Å². The minimum absolute atomic E-state index is 0.101. The molecule has 0 aliphatic heterocycles. The van der Waals surface area contributed by atoms with Gasteiger partial charge in [-0.05, 0) is 40.4 Å². The van der Waals surface area contributed by atoms with E-state index in [2.05, 4.69) is 4.98 Å². The zero-order chi connectivity index (χ0) is 38.2. The molecule has 0 unspecified atom stereocenters. The molecule has 8 rings (SSSR count). The monoisotopic (exact) mass is 562 g/mol. The van der Waals surface area contributed by atoms with E-state index in [9.17, 15) is 4.11 Å². The average molecular weight is 563 g/mol. The summed E-state index contributed by atoms with van der Waals surface area (Å²) in [5, 5.41) is -0.380. The fourth-order valence-corrected chi connectivity index (χ4v) is 4.90. The van der Waals surface area contributed by atoms with Crippen LogP contribution in [-0.2, 0) is 0 Å². The van der Waals surface area contributed by atoms with Crippen LogP contribution in [0, 0.1) is 0 Å². The largest absolute Gasteiger partial charge is 0.456 e. The molecule has 8 aromatic rings. The van der Waals surface area contributed by atoms with Crippen LogP contribution >= 0.6 is 0 Å². The Bertz CT molecular complexity index is 2800. The Morgan fingerprint density at radius 3 is 1.72 bits per heavy atom. The SMILES string of the molecule is [2H]c1c([2H])c([2H])c(-c2c([2H])c([2H])c([2H])c3oc4c([2H])c(-c5nc(-c6ccccc6)nc(-c6ccc(-c7ccccc7)cc6)n5)c([2H])c([2H])c4c23)c([2H])c1[2H]. The van der Waals surface area contributed by atoms with Crippen molar-refractivity contribution in [1.29, 1.82) is 0 Å². The molecule has 4 nitrogen and oxygen atoms in total. The third-order valence-corrected chi connectivity index (χ3v) is 6.96. The van der Waals surface area contributed by atoms with Gasteiger partial charge in [-0.3, -0.25) is 0 Å². The Labute approximate surface area is 264 Å². The van der Waals surface area contributed by atoms with Gasteiger partial charge in [0.15, 0.2) is 17.5 Å². The lowest BCUT2D eigenvalue weighted by Gasteiger charge is -2.09. The Balaban J connectivity index is 1.41. The van der Waals surface area contributed by atoms with Crippen LogP contribution in [0.15, 0.2) is 156 Å². The molecular formula is C39H25N3O. The number of hydrogen-bond acceptors (Lipinski definition) is 4. The van der Waals surface area contributed by atoms with Crippen molar-refractivity contribution >= 4 is 21.9 Å². The third-order valence-electron chi connectivity index (χ3n) is 6.96. The van der Waals surface area contributed by atoms with Gasteiger partial charge >= 0.3 is 0 Å². The van der Waals surface area contributed by atoms with Crippen LogP contribution in [0.1, 0.15) is 15.1 Å². The summed E-state index contributed by atoms with van der Waals surface area (Å²) in [5.74, 6) is 0.381. The Hall–Kier alpha value is -5.87. The minimum atomic E-state index is -0.682. The van der Waals surface area contributed by atoms with Gasteiger partial charge < -0.3 is 4.42 Å². The lowest BCUT2D eigenvalue weighted by atomic mass is 9.99. The summed E-state index contributed by atoms with van der Waals surface area (Å²) in [7, 11) is 0. The first kappa shape index (κ1) is 15.9. The van der Waals surface area contributed by atoms with E-state index in [0.29, 0.717) is 11.1 Å². The van der Waals surface area contributed by atoms with E-state index in [1.54, 1.807) is 12.1 Å². The van der Waals surface area contributed by atoms with Crippen molar-refractivity contribution in [2.75, 3.05) is 0 Å². The van der Waals surface area contributed by atoms with Crippen LogP contribution in [-0.4, -0.2) is 15.0 Å². The molecule has 6 aromatic carbocycles. The van der Waals surface area contributed by atoms with Crippen molar-refractivity contribution < 1.29 is 19.5 Å². The van der Waals surface area contributed by atoms with E-state index in [0.717, 1.165) is 11.1 Å².